The van der Waals surface area contributed by atoms with Crippen LogP contribution in [-0.4, -0.2) is 32.4 Å². The number of methoxy groups -OCH3 is 1. The first-order valence-electron chi connectivity index (χ1n) is 7.93. The molecule has 0 aromatic heterocycles. The molecule has 1 heterocycles. The summed E-state index contributed by atoms with van der Waals surface area (Å²) in [5.74, 6) is 1.83. The van der Waals surface area contributed by atoms with Crippen LogP contribution in [0.1, 0.15) is 30.9 Å². The summed E-state index contributed by atoms with van der Waals surface area (Å²) in [6.07, 6.45) is 4.89. The van der Waals surface area contributed by atoms with Crippen molar-refractivity contribution in [3.63, 3.8) is 0 Å². The zero-order valence-electron chi connectivity index (χ0n) is 12.8. The number of ether oxygens (including phenoxy) is 2. The minimum Gasteiger partial charge on any atom is -0.493 e. The summed E-state index contributed by atoms with van der Waals surface area (Å²) in [6.45, 7) is 3.93. The SMILES string of the molecule is CCNC(Cc1cc(Br)cc2c1OCC2)C(OC)C1CC1. The fourth-order valence-electron chi connectivity index (χ4n) is 3.41. The number of hydrogen-bond donors (Lipinski definition) is 1. The third-order valence-corrected chi connectivity index (χ3v) is 4.94. The molecule has 0 amide bonds. The number of benzene rings is 1. The third kappa shape index (κ3) is 3.43. The highest BCUT2D eigenvalue weighted by molar-refractivity contribution is 9.10. The zero-order valence-corrected chi connectivity index (χ0v) is 14.4. The van der Waals surface area contributed by atoms with Gasteiger partial charge in [-0.25, -0.2) is 0 Å². The fraction of sp³-hybridized carbons (Fsp3) is 0.647. The molecule has 1 saturated carbocycles. The number of hydrogen-bond acceptors (Lipinski definition) is 3. The normalized spacial score (nSPS) is 20.0. The van der Waals surface area contributed by atoms with Crippen LogP contribution in [0, 0.1) is 5.92 Å². The predicted octanol–water partition coefficient (Wildman–Crippen LogP) is 3.33. The average Bonchev–Trinajstić information content (AvgIpc) is 3.17. The van der Waals surface area contributed by atoms with E-state index < -0.39 is 0 Å². The number of rotatable bonds is 7. The van der Waals surface area contributed by atoms with E-state index in [1.54, 1.807) is 0 Å². The Morgan fingerprint density at radius 3 is 2.90 bits per heavy atom. The monoisotopic (exact) mass is 353 g/mol. The van der Waals surface area contributed by atoms with Gasteiger partial charge in [-0.1, -0.05) is 22.9 Å². The summed E-state index contributed by atoms with van der Waals surface area (Å²) in [5, 5.41) is 3.62. The van der Waals surface area contributed by atoms with Crippen molar-refractivity contribution in [3.05, 3.63) is 27.7 Å². The van der Waals surface area contributed by atoms with Crippen LogP contribution in [0.25, 0.3) is 0 Å². The molecule has 3 rings (SSSR count). The van der Waals surface area contributed by atoms with Crippen molar-refractivity contribution in [3.8, 4) is 5.75 Å². The molecule has 0 saturated heterocycles. The number of nitrogens with one attached hydrogen (secondary N) is 1. The Labute approximate surface area is 135 Å². The Balaban J connectivity index is 1.82. The molecule has 1 N–H and O–H groups in total. The van der Waals surface area contributed by atoms with Crippen LogP contribution in [0.4, 0.5) is 0 Å². The summed E-state index contributed by atoms with van der Waals surface area (Å²) in [4.78, 5) is 0. The molecule has 2 atom stereocenters. The molecule has 1 fully saturated rings. The van der Waals surface area contributed by atoms with Crippen molar-refractivity contribution in [1.29, 1.82) is 0 Å². The summed E-state index contributed by atoms with van der Waals surface area (Å²) in [6, 6.07) is 4.74. The largest absolute Gasteiger partial charge is 0.493 e. The van der Waals surface area contributed by atoms with Gasteiger partial charge in [0.15, 0.2) is 0 Å². The zero-order chi connectivity index (χ0) is 14.8. The molecular weight excluding hydrogens is 330 g/mol. The quantitative estimate of drug-likeness (QED) is 0.815. The van der Waals surface area contributed by atoms with Crippen LogP contribution >= 0.6 is 15.9 Å². The molecule has 1 aromatic rings. The maximum Gasteiger partial charge on any atom is 0.125 e. The van der Waals surface area contributed by atoms with Gasteiger partial charge in [0.05, 0.1) is 12.7 Å². The van der Waals surface area contributed by atoms with Crippen LogP contribution in [0.5, 0.6) is 5.75 Å². The van der Waals surface area contributed by atoms with Gasteiger partial charge < -0.3 is 14.8 Å². The first-order chi connectivity index (χ1) is 10.2. The average molecular weight is 354 g/mol. The van der Waals surface area contributed by atoms with E-state index in [0.29, 0.717) is 12.1 Å². The van der Waals surface area contributed by atoms with Gasteiger partial charge in [-0.15, -0.1) is 0 Å². The summed E-state index contributed by atoms with van der Waals surface area (Å²) in [7, 11) is 1.84. The number of halogens is 1. The van der Waals surface area contributed by atoms with Crippen molar-refractivity contribution in [2.45, 2.75) is 44.8 Å². The van der Waals surface area contributed by atoms with E-state index in [1.165, 1.54) is 24.0 Å². The molecule has 0 bridgehead atoms. The molecule has 116 valence electrons. The van der Waals surface area contributed by atoms with Gasteiger partial charge in [0.25, 0.3) is 0 Å². The number of fused-ring (bicyclic) bond motifs is 1. The van der Waals surface area contributed by atoms with Gasteiger partial charge in [-0.3, -0.25) is 0 Å². The second-order valence-electron chi connectivity index (χ2n) is 6.06. The Kier molecular flexibility index (Phi) is 4.87. The summed E-state index contributed by atoms with van der Waals surface area (Å²) < 4.78 is 12.8. The second-order valence-corrected chi connectivity index (χ2v) is 6.97. The van der Waals surface area contributed by atoms with Crippen molar-refractivity contribution < 1.29 is 9.47 Å². The van der Waals surface area contributed by atoms with Crippen LogP contribution in [0.3, 0.4) is 0 Å². The highest BCUT2D eigenvalue weighted by atomic mass is 79.9. The molecule has 1 aromatic carbocycles. The maximum absolute atomic E-state index is 5.86. The third-order valence-electron chi connectivity index (χ3n) is 4.49. The topological polar surface area (TPSA) is 30.5 Å². The highest BCUT2D eigenvalue weighted by Gasteiger charge is 2.37. The Hall–Kier alpha value is -0.580. The van der Waals surface area contributed by atoms with Gasteiger partial charge in [0, 0.05) is 24.0 Å². The van der Waals surface area contributed by atoms with Gasteiger partial charge >= 0.3 is 0 Å². The Bertz CT molecular complexity index is 502. The molecule has 1 aliphatic carbocycles. The van der Waals surface area contributed by atoms with E-state index >= 15 is 0 Å². The van der Waals surface area contributed by atoms with E-state index in [0.717, 1.165) is 42.1 Å². The first kappa shape index (κ1) is 15.3. The molecule has 3 nitrogen and oxygen atoms in total. The van der Waals surface area contributed by atoms with Crippen molar-refractivity contribution in [2.24, 2.45) is 5.92 Å². The first-order valence-corrected chi connectivity index (χ1v) is 8.72. The highest BCUT2D eigenvalue weighted by Crippen LogP contribution is 2.38. The Morgan fingerprint density at radius 1 is 1.43 bits per heavy atom. The van der Waals surface area contributed by atoms with Crippen LogP contribution in [0.2, 0.25) is 0 Å². The van der Waals surface area contributed by atoms with Crippen molar-refractivity contribution in [1.82, 2.24) is 5.32 Å². The minimum atomic E-state index is 0.306. The van der Waals surface area contributed by atoms with Crippen molar-refractivity contribution >= 4 is 15.9 Å². The molecule has 21 heavy (non-hydrogen) atoms. The fourth-order valence-corrected chi connectivity index (χ4v) is 3.96. The van der Waals surface area contributed by atoms with E-state index in [1.807, 2.05) is 7.11 Å². The van der Waals surface area contributed by atoms with E-state index in [4.69, 9.17) is 9.47 Å². The molecule has 0 spiro atoms. The molecule has 2 aliphatic rings. The molecule has 0 radical (unpaired) electrons. The molecular formula is C17H24BrNO2. The van der Waals surface area contributed by atoms with Crippen LogP contribution < -0.4 is 10.1 Å². The van der Waals surface area contributed by atoms with Crippen LogP contribution in [-0.2, 0) is 17.6 Å². The number of likely N-dealkylation sites (N-methyl/N-ethyl adjacent to an activating group) is 1. The van der Waals surface area contributed by atoms with E-state index in [2.05, 4.69) is 40.3 Å². The van der Waals surface area contributed by atoms with Crippen molar-refractivity contribution in [2.75, 3.05) is 20.3 Å². The molecule has 2 unspecified atom stereocenters. The molecule has 1 aliphatic heterocycles. The van der Waals surface area contributed by atoms with Gasteiger partial charge in [0.1, 0.15) is 5.75 Å². The lowest BCUT2D eigenvalue weighted by Gasteiger charge is -2.27. The lowest BCUT2D eigenvalue weighted by molar-refractivity contribution is 0.0514. The van der Waals surface area contributed by atoms with Crippen LogP contribution in [0.15, 0.2) is 16.6 Å². The molecule has 4 heteroatoms. The standard InChI is InChI=1S/C17H24BrNO2/c1-3-19-15(17(20-2)11-4-5-11)10-13-9-14(18)8-12-6-7-21-16(12)13/h8-9,11,15,17,19H,3-7,10H2,1-2H3. The van der Waals surface area contributed by atoms with E-state index in [9.17, 15) is 0 Å². The lowest BCUT2D eigenvalue weighted by Crippen LogP contribution is -2.43. The Morgan fingerprint density at radius 2 is 2.24 bits per heavy atom. The van der Waals surface area contributed by atoms with Gasteiger partial charge in [-0.2, -0.15) is 0 Å². The summed E-state index contributed by atoms with van der Waals surface area (Å²) >= 11 is 3.63. The second kappa shape index (κ2) is 6.67. The summed E-state index contributed by atoms with van der Waals surface area (Å²) in [5.41, 5.74) is 2.63. The minimum absolute atomic E-state index is 0.306. The smallest absolute Gasteiger partial charge is 0.125 e. The van der Waals surface area contributed by atoms with Gasteiger partial charge in [0.2, 0.25) is 0 Å². The van der Waals surface area contributed by atoms with E-state index in [-0.39, 0.29) is 0 Å². The lowest BCUT2D eigenvalue weighted by atomic mass is 9.96. The predicted molar refractivity (Wildman–Crippen MR) is 88.0 cm³/mol. The van der Waals surface area contributed by atoms with Gasteiger partial charge in [-0.05, 0) is 55.0 Å². The maximum atomic E-state index is 5.86.